The summed E-state index contributed by atoms with van der Waals surface area (Å²) in [6, 6.07) is 0. The van der Waals surface area contributed by atoms with Gasteiger partial charge in [0.2, 0.25) is 11.8 Å². The summed E-state index contributed by atoms with van der Waals surface area (Å²) < 4.78 is 0. The lowest BCUT2D eigenvalue weighted by Crippen LogP contribution is -2.50. The second-order valence-electron chi connectivity index (χ2n) is 6.85. The summed E-state index contributed by atoms with van der Waals surface area (Å²) >= 11 is 0. The maximum Gasteiger partial charge on any atom is 0.259 e. The van der Waals surface area contributed by atoms with Crippen LogP contribution in [0.1, 0.15) is 44.1 Å². The molecule has 5 rings (SSSR count). The quantitative estimate of drug-likeness (QED) is 0.714. The van der Waals surface area contributed by atoms with Gasteiger partial charge in [-0.1, -0.05) is 0 Å². The topological polar surface area (TPSA) is 92.0 Å². The van der Waals surface area contributed by atoms with E-state index in [1.807, 2.05) is 0 Å². The minimum atomic E-state index is -0.244. The van der Waals surface area contributed by atoms with Crippen molar-refractivity contribution in [1.82, 2.24) is 9.97 Å². The molecular formula is C14H19N3O2. The van der Waals surface area contributed by atoms with Crippen molar-refractivity contribution in [1.29, 1.82) is 0 Å². The lowest BCUT2D eigenvalue weighted by atomic mass is 9.48. The first-order valence-corrected chi connectivity index (χ1v) is 7.15. The van der Waals surface area contributed by atoms with E-state index in [9.17, 15) is 9.90 Å². The predicted octanol–water partition coefficient (Wildman–Crippen LogP) is 1.53. The van der Waals surface area contributed by atoms with Crippen LogP contribution < -0.4 is 11.3 Å². The van der Waals surface area contributed by atoms with Crippen LogP contribution in [0, 0.1) is 17.8 Å². The number of nitrogens with two attached hydrogens (primary N) is 1. The van der Waals surface area contributed by atoms with Crippen LogP contribution in [0.3, 0.4) is 0 Å². The van der Waals surface area contributed by atoms with Crippen molar-refractivity contribution in [3.8, 4) is 5.88 Å². The monoisotopic (exact) mass is 261 g/mol. The molecule has 4 aliphatic rings. The van der Waals surface area contributed by atoms with Crippen molar-refractivity contribution in [2.75, 3.05) is 5.73 Å². The maximum atomic E-state index is 12.2. The number of aromatic nitrogens is 2. The Morgan fingerprint density at radius 2 is 1.68 bits per heavy atom. The van der Waals surface area contributed by atoms with Gasteiger partial charge in [-0.2, -0.15) is 4.98 Å². The van der Waals surface area contributed by atoms with Gasteiger partial charge in [-0.25, -0.2) is 0 Å². The highest BCUT2D eigenvalue weighted by atomic mass is 16.3. The highest BCUT2D eigenvalue weighted by Gasteiger charge is 2.53. The fraction of sp³-hybridized carbons (Fsp3) is 0.714. The predicted molar refractivity (Wildman–Crippen MR) is 70.8 cm³/mol. The van der Waals surface area contributed by atoms with E-state index in [-0.39, 0.29) is 22.8 Å². The molecule has 4 aliphatic carbocycles. The molecule has 5 heteroatoms. The van der Waals surface area contributed by atoms with E-state index >= 15 is 0 Å². The number of hydrogen-bond donors (Lipinski definition) is 3. The number of rotatable bonds is 1. The Labute approximate surface area is 111 Å². The van der Waals surface area contributed by atoms with Gasteiger partial charge < -0.3 is 10.8 Å². The SMILES string of the molecule is Nc1nc(O)c(C23CC4CC(CC(C4)C2)C3)c(=O)[nH]1. The first kappa shape index (κ1) is 11.3. The maximum absolute atomic E-state index is 12.2. The molecule has 0 atom stereocenters. The molecule has 0 unspecified atom stereocenters. The molecule has 5 nitrogen and oxygen atoms in total. The van der Waals surface area contributed by atoms with Crippen molar-refractivity contribution < 1.29 is 5.11 Å². The molecular weight excluding hydrogens is 242 g/mol. The van der Waals surface area contributed by atoms with Crippen molar-refractivity contribution >= 4 is 5.95 Å². The molecule has 4 bridgehead atoms. The molecule has 0 aliphatic heterocycles. The number of aromatic amines is 1. The van der Waals surface area contributed by atoms with Gasteiger partial charge in [-0.15, -0.1) is 0 Å². The Kier molecular flexibility index (Phi) is 2.10. The van der Waals surface area contributed by atoms with Gasteiger partial charge >= 0.3 is 0 Å². The second-order valence-corrected chi connectivity index (χ2v) is 6.85. The highest BCUT2D eigenvalue weighted by molar-refractivity contribution is 5.37. The van der Waals surface area contributed by atoms with E-state index < -0.39 is 0 Å². The summed E-state index contributed by atoms with van der Waals surface area (Å²) in [5, 5.41) is 10.1. The fourth-order valence-electron chi connectivity index (χ4n) is 5.37. The summed E-state index contributed by atoms with van der Waals surface area (Å²) in [6.45, 7) is 0. The van der Waals surface area contributed by atoms with E-state index in [1.54, 1.807) is 0 Å². The smallest absolute Gasteiger partial charge is 0.259 e. The van der Waals surface area contributed by atoms with Gasteiger partial charge in [0.25, 0.3) is 5.56 Å². The van der Waals surface area contributed by atoms with Crippen molar-refractivity contribution in [3.63, 3.8) is 0 Å². The average Bonchev–Trinajstić information content (AvgIpc) is 2.24. The Bertz CT molecular complexity index is 558. The first-order valence-electron chi connectivity index (χ1n) is 7.15. The van der Waals surface area contributed by atoms with Crippen LogP contribution in [-0.4, -0.2) is 15.1 Å². The normalized spacial score (nSPS) is 39.7. The van der Waals surface area contributed by atoms with Crippen LogP contribution in [0.25, 0.3) is 0 Å². The molecule has 1 aromatic rings. The number of hydrogen-bond acceptors (Lipinski definition) is 4. The molecule has 1 aromatic heterocycles. The average molecular weight is 261 g/mol. The number of nitrogens with zero attached hydrogens (tertiary/aromatic N) is 1. The van der Waals surface area contributed by atoms with Crippen LogP contribution in [0.4, 0.5) is 5.95 Å². The van der Waals surface area contributed by atoms with Crippen molar-refractivity contribution in [2.45, 2.75) is 43.9 Å². The molecule has 4 saturated carbocycles. The summed E-state index contributed by atoms with van der Waals surface area (Å²) in [7, 11) is 0. The van der Waals surface area contributed by atoms with E-state index in [0.29, 0.717) is 5.56 Å². The van der Waals surface area contributed by atoms with Gasteiger partial charge in [-0.3, -0.25) is 9.78 Å². The minimum Gasteiger partial charge on any atom is -0.493 e. The van der Waals surface area contributed by atoms with Crippen LogP contribution >= 0.6 is 0 Å². The molecule has 4 fully saturated rings. The molecule has 0 spiro atoms. The number of H-pyrrole nitrogens is 1. The number of nitrogen functional groups attached to an aromatic ring is 1. The molecule has 0 radical (unpaired) electrons. The van der Waals surface area contributed by atoms with Crippen LogP contribution in [0.2, 0.25) is 0 Å². The van der Waals surface area contributed by atoms with E-state index in [0.717, 1.165) is 37.0 Å². The van der Waals surface area contributed by atoms with E-state index in [2.05, 4.69) is 9.97 Å². The van der Waals surface area contributed by atoms with E-state index in [1.165, 1.54) is 19.3 Å². The summed E-state index contributed by atoms with van der Waals surface area (Å²) in [5.41, 5.74) is 5.60. The third kappa shape index (κ3) is 1.53. The molecule has 0 amide bonds. The zero-order valence-corrected chi connectivity index (χ0v) is 10.9. The zero-order chi connectivity index (χ0) is 13.2. The zero-order valence-electron chi connectivity index (χ0n) is 10.9. The Hall–Kier alpha value is -1.52. The first-order chi connectivity index (χ1) is 9.06. The number of anilines is 1. The Morgan fingerprint density at radius 1 is 1.16 bits per heavy atom. The molecule has 102 valence electrons. The van der Waals surface area contributed by atoms with Gasteiger partial charge in [-0.05, 0) is 56.3 Å². The Morgan fingerprint density at radius 3 is 2.16 bits per heavy atom. The molecule has 19 heavy (non-hydrogen) atoms. The third-order valence-corrected chi connectivity index (χ3v) is 5.49. The summed E-state index contributed by atoms with van der Waals surface area (Å²) in [6.07, 6.45) is 7.00. The largest absolute Gasteiger partial charge is 0.493 e. The lowest BCUT2D eigenvalue weighted by Gasteiger charge is -2.56. The van der Waals surface area contributed by atoms with Gasteiger partial charge in [0.05, 0.1) is 5.56 Å². The van der Waals surface area contributed by atoms with E-state index in [4.69, 9.17) is 5.73 Å². The number of nitrogens with one attached hydrogen (secondary N) is 1. The standard InChI is InChI=1S/C14H19N3O2/c15-13-16-11(18)10(12(19)17-13)14-4-7-1-8(5-14)3-9(2-7)6-14/h7-9H,1-6H2,(H4,15,16,17,18,19). The molecule has 0 aromatic carbocycles. The van der Waals surface area contributed by atoms with Gasteiger partial charge in [0.1, 0.15) is 0 Å². The molecule has 0 saturated heterocycles. The summed E-state index contributed by atoms with van der Waals surface area (Å²) in [4.78, 5) is 18.7. The molecule has 4 N–H and O–H groups in total. The third-order valence-electron chi connectivity index (χ3n) is 5.49. The Balaban J connectivity index is 1.86. The van der Waals surface area contributed by atoms with Crippen LogP contribution in [-0.2, 0) is 5.41 Å². The van der Waals surface area contributed by atoms with Gasteiger partial charge in [0, 0.05) is 5.41 Å². The highest BCUT2D eigenvalue weighted by Crippen LogP contribution is 2.60. The van der Waals surface area contributed by atoms with Crippen LogP contribution in [0.15, 0.2) is 4.79 Å². The number of aromatic hydroxyl groups is 1. The minimum absolute atomic E-state index is 0.00372. The second kappa shape index (κ2) is 3.52. The molecule has 1 heterocycles. The lowest BCUT2D eigenvalue weighted by molar-refractivity contribution is -0.00706. The van der Waals surface area contributed by atoms with Gasteiger partial charge in [0.15, 0.2) is 0 Å². The fourth-order valence-corrected chi connectivity index (χ4v) is 5.37. The van der Waals surface area contributed by atoms with Crippen molar-refractivity contribution in [2.24, 2.45) is 17.8 Å². The summed E-state index contributed by atoms with van der Waals surface area (Å²) in [5.74, 6) is 2.02. The van der Waals surface area contributed by atoms with Crippen molar-refractivity contribution in [3.05, 3.63) is 15.9 Å². The van der Waals surface area contributed by atoms with Crippen LogP contribution in [0.5, 0.6) is 5.88 Å².